The number of benzene rings is 1. The van der Waals surface area contributed by atoms with Crippen LogP contribution in [-0.4, -0.2) is 30.3 Å². The third kappa shape index (κ3) is 7.79. The van der Waals surface area contributed by atoms with E-state index in [1.807, 2.05) is 30.3 Å². The predicted octanol–water partition coefficient (Wildman–Crippen LogP) is 2.37. The highest BCUT2D eigenvalue weighted by atomic mass is 16.5. The van der Waals surface area contributed by atoms with Gasteiger partial charge in [-0.1, -0.05) is 39.0 Å². The van der Waals surface area contributed by atoms with Gasteiger partial charge in [0.2, 0.25) is 5.91 Å². The number of amides is 1. The van der Waals surface area contributed by atoms with Gasteiger partial charge in [0, 0.05) is 6.54 Å². The molecule has 1 unspecified atom stereocenters. The van der Waals surface area contributed by atoms with E-state index >= 15 is 0 Å². The lowest BCUT2D eigenvalue weighted by Gasteiger charge is -2.22. The van der Waals surface area contributed by atoms with Crippen LogP contribution >= 0.6 is 0 Å². The molecule has 112 valence electrons. The van der Waals surface area contributed by atoms with E-state index in [0.717, 1.165) is 5.75 Å². The van der Waals surface area contributed by atoms with Crippen molar-refractivity contribution in [2.75, 3.05) is 13.2 Å². The third-order valence-electron chi connectivity index (χ3n) is 2.72. The Hall–Kier alpha value is -1.55. The highest BCUT2D eigenvalue weighted by Crippen LogP contribution is 2.20. The Morgan fingerprint density at radius 3 is 2.55 bits per heavy atom. The van der Waals surface area contributed by atoms with Crippen LogP contribution in [0, 0.1) is 5.41 Å². The molecule has 1 aromatic rings. The molecule has 0 aromatic heterocycles. The summed E-state index contributed by atoms with van der Waals surface area (Å²) < 4.78 is 5.44. The summed E-state index contributed by atoms with van der Waals surface area (Å²) in [5, 5.41) is 12.5. The van der Waals surface area contributed by atoms with Gasteiger partial charge >= 0.3 is 0 Å². The summed E-state index contributed by atoms with van der Waals surface area (Å²) in [7, 11) is 0. The number of nitrogens with one attached hydrogen (secondary N) is 1. The van der Waals surface area contributed by atoms with Crippen molar-refractivity contribution < 1.29 is 14.6 Å². The van der Waals surface area contributed by atoms with Crippen molar-refractivity contribution in [1.82, 2.24) is 5.32 Å². The molecule has 0 saturated heterocycles. The summed E-state index contributed by atoms with van der Waals surface area (Å²) in [4.78, 5) is 11.6. The first-order valence-electron chi connectivity index (χ1n) is 6.99. The predicted molar refractivity (Wildman–Crippen MR) is 79.6 cm³/mol. The molecule has 2 N–H and O–H groups in total. The minimum absolute atomic E-state index is 0.0561. The zero-order chi connectivity index (χ0) is 15.0. The maximum absolute atomic E-state index is 11.6. The van der Waals surface area contributed by atoms with Crippen LogP contribution in [-0.2, 0) is 4.79 Å². The fourth-order valence-electron chi connectivity index (χ4n) is 1.88. The van der Waals surface area contributed by atoms with E-state index in [-0.39, 0.29) is 17.7 Å². The van der Waals surface area contributed by atoms with Crippen LogP contribution in [0.25, 0.3) is 0 Å². The number of hydrogen-bond donors (Lipinski definition) is 2. The number of aliphatic hydroxyl groups excluding tert-OH is 1. The summed E-state index contributed by atoms with van der Waals surface area (Å²) >= 11 is 0. The van der Waals surface area contributed by atoms with Gasteiger partial charge in [-0.2, -0.15) is 0 Å². The first-order chi connectivity index (χ1) is 9.37. The summed E-state index contributed by atoms with van der Waals surface area (Å²) in [6.07, 6.45) is 0.444. The molecular weight excluding hydrogens is 254 g/mol. The normalized spacial score (nSPS) is 12.8. The second-order valence-corrected chi connectivity index (χ2v) is 6.13. The Balaban J connectivity index is 2.14. The lowest BCUT2D eigenvalue weighted by Crippen LogP contribution is -2.34. The quantitative estimate of drug-likeness (QED) is 0.805. The zero-order valence-corrected chi connectivity index (χ0v) is 12.6. The Morgan fingerprint density at radius 2 is 1.95 bits per heavy atom. The van der Waals surface area contributed by atoms with Gasteiger partial charge in [0.05, 0.1) is 19.1 Å². The number of carbonyl (C=O) groups is 1. The van der Waals surface area contributed by atoms with Crippen LogP contribution in [0.3, 0.4) is 0 Å². The molecule has 4 heteroatoms. The third-order valence-corrected chi connectivity index (χ3v) is 2.72. The van der Waals surface area contributed by atoms with Crippen LogP contribution in [0.5, 0.6) is 5.75 Å². The molecule has 1 rings (SSSR count). The standard InChI is InChI=1S/C16H25NO3/c1-16(2,3)11-13(18)12-17-15(19)9-10-20-14-7-5-4-6-8-14/h4-8,13,18H,9-12H2,1-3H3,(H,17,19). The molecule has 0 bridgehead atoms. The Morgan fingerprint density at radius 1 is 1.30 bits per heavy atom. The molecule has 0 aliphatic carbocycles. The molecule has 0 spiro atoms. The van der Waals surface area contributed by atoms with Gasteiger partial charge in [-0.25, -0.2) is 0 Å². The number of carbonyl (C=O) groups excluding carboxylic acids is 1. The molecule has 0 heterocycles. The molecule has 0 radical (unpaired) electrons. The Labute approximate surface area is 121 Å². The highest BCUT2D eigenvalue weighted by molar-refractivity contribution is 5.76. The minimum Gasteiger partial charge on any atom is -0.493 e. The van der Waals surface area contributed by atoms with Crippen LogP contribution in [0.1, 0.15) is 33.6 Å². The van der Waals surface area contributed by atoms with E-state index in [9.17, 15) is 9.90 Å². The monoisotopic (exact) mass is 279 g/mol. The van der Waals surface area contributed by atoms with Crippen molar-refractivity contribution in [3.63, 3.8) is 0 Å². The zero-order valence-electron chi connectivity index (χ0n) is 12.6. The van der Waals surface area contributed by atoms with Crippen molar-refractivity contribution >= 4 is 5.91 Å². The van der Waals surface area contributed by atoms with E-state index in [2.05, 4.69) is 26.1 Å². The van der Waals surface area contributed by atoms with Gasteiger partial charge in [0.15, 0.2) is 0 Å². The fraction of sp³-hybridized carbons (Fsp3) is 0.562. The second kappa shape index (κ2) is 7.90. The maximum atomic E-state index is 11.6. The summed E-state index contributed by atoms with van der Waals surface area (Å²) in [5.41, 5.74) is 0.0561. The van der Waals surface area contributed by atoms with Gasteiger partial charge < -0.3 is 15.2 Å². The number of ether oxygens (including phenoxy) is 1. The van der Waals surface area contributed by atoms with Crippen LogP contribution in [0.2, 0.25) is 0 Å². The van der Waals surface area contributed by atoms with Gasteiger partial charge in [0.1, 0.15) is 5.75 Å². The molecule has 0 fully saturated rings. The van der Waals surface area contributed by atoms with E-state index in [1.165, 1.54) is 0 Å². The Kier molecular flexibility index (Phi) is 6.52. The number of para-hydroxylation sites is 1. The van der Waals surface area contributed by atoms with Crippen LogP contribution in [0.15, 0.2) is 30.3 Å². The topological polar surface area (TPSA) is 58.6 Å². The van der Waals surface area contributed by atoms with Crippen molar-refractivity contribution in [1.29, 1.82) is 0 Å². The molecule has 0 aliphatic heterocycles. The van der Waals surface area contributed by atoms with Crippen LogP contribution < -0.4 is 10.1 Å². The number of rotatable bonds is 7. The van der Waals surface area contributed by atoms with Crippen molar-refractivity contribution in [2.24, 2.45) is 5.41 Å². The van der Waals surface area contributed by atoms with Gasteiger partial charge in [-0.15, -0.1) is 0 Å². The first kappa shape index (κ1) is 16.5. The van der Waals surface area contributed by atoms with Crippen molar-refractivity contribution in [3.05, 3.63) is 30.3 Å². The average molecular weight is 279 g/mol. The molecule has 1 aromatic carbocycles. The molecular formula is C16H25NO3. The van der Waals surface area contributed by atoms with Crippen LogP contribution in [0.4, 0.5) is 0 Å². The summed E-state index contributed by atoms with van der Waals surface area (Å²) in [5.74, 6) is 0.655. The lowest BCUT2D eigenvalue weighted by atomic mass is 9.89. The SMILES string of the molecule is CC(C)(C)CC(O)CNC(=O)CCOc1ccccc1. The molecule has 0 aliphatic rings. The molecule has 20 heavy (non-hydrogen) atoms. The average Bonchev–Trinajstić information content (AvgIpc) is 2.36. The van der Waals surface area contributed by atoms with Crippen molar-refractivity contribution in [2.45, 2.75) is 39.7 Å². The maximum Gasteiger partial charge on any atom is 0.223 e. The molecule has 1 atom stereocenters. The molecule has 1 amide bonds. The van der Waals surface area contributed by atoms with E-state index in [0.29, 0.717) is 19.6 Å². The first-order valence-corrected chi connectivity index (χ1v) is 6.99. The van der Waals surface area contributed by atoms with E-state index in [4.69, 9.17) is 4.74 Å². The largest absolute Gasteiger partial charge is 0.493 e. The summed E-state index contributed by atoms with van der Waals surface area (Å²) in [6.45, 7) is 6.82. The molecule has 4 nitrogen and oxygen atoms in total. The lowest BCUT2D eigenvalue weighted by molar-refractivity contribution is -0.122. The van der Waals surface area contributed by atoms with Crippen molar-refractivity contribution in [3.8, 4) is 5.75 Å². The Bertz CT molecular complexity index is 398. The van der Waals surface area contributed by atoms with Gasteiger partial charge in [-0.3, -0.25) is 4.79 Å². The van der Waals surface area contributed by atoms with E-state index in [1.54, 1.807) is 0 Å². The number of hydrogen-bond acceptors (Lipinski definition) is 3. The second-order valence-electron chi connectivity index (χ2n) is 6.13. The fourth-order valence-corrected chi connectivity index (χ4v) is 1.88. The van der Waals surface area contributed by atoms with E-state index < -0.39 is 6.10 Å². The molecule has 0 saturated carbocycles. The summed E-state index contributed by atoms with van der Waals surface area (Å²) in [6, 6.07) is 9.39. The van der Waals surface area contributed by atoms with Gasteiger partial charge in [-0.05, 0) is 24.0 Å². The minimum atomic E-state index is -0.506. The van der Waals surface area contributed by atoms with Gasteiger partial charge in [0.25, 0.3) is 0 Å². The number of aliphatic hydroxyl groups is 1. The highest BCUT2D eigenvalue weighted by Gasteiger charge is 2.17. The smallest absolute Gasteiger partial charge is 0.223 e.